The molecule has 2 fully saturated rings. The number of aromatic nitrogens is 1. The van der Waals surface area contributed by atoms with Crippen molar-refractivity contribution in [2.24, 2.45) is 11.3 Å². The second-order valence-corrected chi connectivity index (χ2v) is 7.80. The van der Waals surface area contributed by atoms with Crippen LogP contribution in [0.25, 0.3) is 22.4 Å². The van der Waals surface area contributed by atoms with Gasteiger partial charge in [0.1, 0.15) is 5.69 Å². The number of carbonyl (C=O) groups excluding carboxylic acids is 1. The molecule has 1 amide bonds. The number of furan rings is 1. The van der Waals surface area contributed by atoms with E-state index in [1.54, 1.807) is 18.4 Å². The Morgan fingerprint density at radius 3 is 2.61 bits per heavy atom. The van der Waals surface area contributed by atoms with Crippen LogP contribution in [-0.2, 0) is 4.79 Å². The summed E-state index contributed by atoms with van der Waals surface area (Å²) in [6.45, 7) is 1.19. The molecule has 1 N–H and O–H groups in total. The molecule has 0 bridgehead atoms. The van der Waals surface area contributed by atoms with Crippen LogP contribution in [-0.4, -0.2) is 40.0 Å². The van der Waals surface area contributed by atoms with Crippen molar-refractivity contribution in [3.05, 3.63) is 54.3 Å². The Balaban J connectivity index is 1.46. The first-order valence-corrected chi connectivity index (χ1v) is 9.53. The summed E-state index contributed by atoms with van der Waals surface area (Å²) in [6.07, 6.45) is 3.84. The quantitative estimate of drug-likeness (QED) is 0.751. The van der Waals surface area contributed by atoms with Gasteiger partial charge in [0.05, 0.1) is 23.3 Å². The Labute approximate surface area is 161 Å². The number of likely N-dealkylation sites (tertiary alicyclic amines) is 1. The van der Waals surface area contributed by atoms with Crippen LogP contribution in [0.3, 0.4) is 0 Å². The van der Waals surface area contributed by atoms with Crippen molar-refractivity contribution in [3.63, 3.8) is 0 Å². The highest BCUT2D eigenvalue weighted by Crippen LogP contribution is 2.59. The van der Waals surface area contributed by atoms with E-state index in [0.29, 0.717) is 30.1 Å². The molecule has 2 aliphatic rings. The summed E-state index contributed by atoms with van der Waals surface area (Å²) in [6, 6.07) is 13.0. The van der Waals surface area contributed by atoms with Gasteiger partial charge in [0.25, 0.3) is 5.91 Å². The van der Waals surface area contributed by atoms with Crippen LogP contribution >= 0.6 is 0 Å². The van der Waals surface area contributed by atoms with Gasteiger partial charge in [0.2, 0.25) is 0 Å². The summed E-state index contributed by atoms with van der Waals surface area (Å²) in [7, 11) is 0. The summed E-state index contributed by atoms with van der Waals surface area (Å²) < 4.78 is 5.48. The Morgan fingerprint density at radius 2 is 1.93 bits per heavy atom. The maximum absolute atomic E-state index is 13.3. The molecule has 6 nitrogen and oxygen atoms in total. The highest BCUT2D eigenvalue weighted by molar-refractivity contribution is 6.07. The zero-order chi connectivity index (χ0) is 19.3. The van der Waals surface area contributed by atoms with E-state index in [0.717, 1.165) is 30.2 Å². The third-order valence-electron chi connectivity index (χ3n) is 6.25. The smallest absolute Gasteiger partial charge is 0.307 e. The fraction of sp³-hybridized carbons (Fsp3) is 0.318. The SMILES string of the molecule is O=C(O)C1CC12CCN(C(=O)c1cc(-c3ccco3)nc3ccccc13)CC2. The number of nitrogens with zero attached hydrogens (tertiary/aromatic N) is 2. The summed E-state index contributed by atoms with van der Waals surface area (Å²) in [5.41, 5.74) is 1.90. The van der Waals surface area contributed by atoms with E-state index in [-0.39, 0.29) is 17.2 Å². The first kappa shape index (κ1) is 17.0. The average molecular weight is 376 g/mol. The maximum Gasteiger partial charge on any atom is 0.307 e. The average Bonchev–Trinajstić information content (AvgIpc) is 3.15. The van der Waals surface area contributed by atoms with E-state index in [1.807, 2.05) is 35.2 Å². The predicted octanol–water partition coefficient (Wildman–Crippen LogP) is 3.82. The molecular formula is C22H20N2O4. The zero-order valence-corrected chi connectivity index (χ0v) is 15.3. The molecule has 1 aliphatic heterocycles. The number of carboxylic acid groups (broad SMARTS) is 1. The molecule has 1 saturated carbocycles. The second-order valence-electron chi connectivity index (χ2n) is 7.80. The number of hydrogen-bond donors (Lipinski definition) is 1. The standard InChI is InChI=1S/C22H20N2O4/c25-20(24-9-7-22(8-10-24)13-16(22)21(26)27)15-12-18(19-6-3-11-28-19)23-17-5-2-1-4-14(15)17/h1-6,11-12,16H,7-10,13H2,(H,26,27). The van der Waals surface area contributed by atoms with Crippen LogP contribution in [0, 0.1) is 11.3 Å². The maximum atomic E-state index is 13.3. The van der Waals surface area contributed by atoms with E-state index in [2.05, 4.69) is 4.98 Å². The molecule has 1 spiro atoms. The zero-order valence-electron chi connectivity index (χ0n) is 15.3. The lowest BCUT2D eigenvalue weighted by molar-refractivity contribution is -0.139. The lowest BCUT2D eigenvalue weighted by atomic mass is 9.90. The Morgan fingerprint density at radius 1 is 1.14 bits per heavy atom. The van der Waals surface area contributed by atoms with Crippen LogP contribution in [0.15, 0.2) is 53.1 Å². The number of piperidine rings is 1. The minimum atomic E-state index is -0.706. The highest BCUT2D eigenvalue weighted by Gasteiger charge is 2.59. The van der Waals surface area contributed by atoms with Gasteiger partial charge in [-0.15, -0.1) is 0 Å². The van der Waals surface area contributed by atoms with E-state index in [1.165, 1.54) is 0 Å². The number of benzene rings is 1. The minimum absolute atomic E-state index is 0.0335. The number of para-hydroxylation sites is 1. The number of hydrogen-bond acceptors (Lipinski definition) is 4. The molecule has 3 aromatic rings. The first-order valence-electron chi connectivity index (χ1n) is 9.53. The third-order valence-corrected chi connectivity index (χ3v) is 6.25. The van der Waals surface area contributed by atoms with Crippen molar-refractivity contribution < 1.29 is 19.1 Å². The van der Waals surface area contributed by atoms with Crippen molar-refractivity contribution in [2.75, 3.05) is 13.1 Å². The number of pyridine rings is 1. The molecule has 28 heavy (non-hydrogen) atoms. The fourth-order valence-electron chi connectivity index (χ4n) is 4.48. The summed E-state index contributed by atoms with van der Waals surface area (Å²) in [5.74, 6) is -0.353. The van der Waals surface area contributed by atoms with E-state index >= 15 is 0 Å². The van der Waals surface area contributed by atoms with Crippen molar-refractivity contribution in [1.82, 2.24) is 9.88 Å². The molecular weight excluding hydrogens is 356 g/mol. The number of amides is 1. The normalized spacial score (nSPS) is 20.4. The molecule has 3 heterocycles. The minimum Gasteiger partial charge on any atom is -0.481 e. The van der Waals surface area contributed by atoms with Crippen LogP contribution in [0.5, 0.6) is 0 Å². The van der Waals surface area contributed by atoms with Crippen LogP contribution in [0.4, 0.5) is 0 Å². The lowest BCUT2D eigenvalue weighted by Crippen LogP contribution is -2.40. The molecule has 1 unspecified atom stereocenters. The monoisotopic (exact) mass is 376 g/mol. The van der Waals surface area contributed by atoms with Gasteiger partial charge in [0, 0.05) is 18.5 Å². The number of rotatable bonds is 3. The van der Waals surface area contributed by atoms with Crippen molar-refractivity contribution in [3.8, 4) is 11.5 Å². The van der Waals surface area contributed by atoms with Crippen LogP contribution < -0.4 is 0 Å². The number of aliphatic carboxylic acids is 1. The molecule has 6 heteroatoms. The lowest BCUT2D eigenvalue weighted by Gasteiger charge is -2.33. The largest absolute Gasteiger partial charge is 0.481 e. The predicted molar refractivity (Wildman–Crippen MR) is 103 cm³/mol. The van der Waals surface area contributed by atoms with Crippen molar-refractivity contribution in [1.29, 1.82) is 0 Å². The first-order chi connectivity index (χ1) is 13.6. The Bertz CT molecular complexity index is 1070. The molecule has 0 radical (unpaired) electrons. The fourth-order valence-corrected chi connectivity index (χ4v) is 4.48. The van der Waals surface area contributed by atoms with E-state index in [4.69, 9.17) is 4.42 Å². The van der Waals surface area contributed by atoms with Gasteiger partial charge in [-0.25, -0.2) is 4.98 Å². The van der Waals surface area contributed by atoms with Crippen molar-refractivity contribution in [2.45, 2.75) is 19.3 Å². The number of carbonyl (C=O) groups is 2. The van der Waals surface area contributed by atoms with E-state index < -0.39 is 5.97 Å². The molecule has 1 saturated heterocycles. The summed E-state index contributed by atoms with van der Waals surface area (Å²) in [5, 5.41) is 10.1. The van der Waals surface area contributed by atoms with Gasteiger partial charge < -0.3 is 14.4 Å². The molecule has 5 rings (SSSR count). The van der Waals surface area contributed by atoms with Crippen molar-refractivity contribution >= 4 is 22.8 Å². The van der Waals surface area contributed by atoms with Crippen LogP contribution in [0.1, 0.15) is 29.6 Å². The van der Waals surface area contributed by atoms with Gasteiger partial charge >= 0.3 is 5.97 Å². The van der Waals surface area contributed by atoms with Gasteiger partial charge in [-0.3, -0.25) is 9.59 Å². The van der Waals surface area contributed by atoms with Gasteiger partial charge in [-0.05, 0) is 48.9 Å². The van der Waals surface area contributed by atoms with Gasteiger partial charge in [0.15, 0.2) is 5.76 Å². The highest BCUT2D eigenvalue weighted by atomic mass is 16.4. The summed E-state index contributed by atoms with van der Waals surface area (Å²) >= 11 is 0. The number of fused-ring (bicyclic) bond motifs is 1. The molecule has 1 atom stereocenters. The Kier molecular flexibility index (Phi) is 3.75. The topological polar surface area (TPSA) is 83.6 Å². The molecule has 142 valence electrons. The van der Waals surface area contributed by atoms with Crippen LogP contribution in [0.2, 0.25) is 0 Å². The van der Waals surface area contributed by atoms with Gasteiger partial charge in [-0.1, -0.05) is 18.2 Å². The second kappa shape index (κ2) is 6.19. The van der Waals surface area contributed by atoms with Gasteiger partial charge in [-0.2, -0.15) is 0 Å². The van der Waals surface area contributed by atoms with E-state index in [9.17, 15) is 14.7 Å². The summed E-state index contributed by atoms with van der Waals surface area (Å²) in [4.78, 5) is 31.1. The number of carboxylic acids is 1. The third kappa shape index (κ3) is 2.68. The molecule has 1 aromatic carbocycles. The Hall–Kier alpha value is -3.15. The molecule has 2 aromatic heterocycles. The molecule has 1 aliphatic carbocycles.